The molecule has 100 valence electrons. The number of hydrogen-bond donors (Lipinski definition) is 1. The van der Waals surface area contributed by atoms with Gasteiger partial charge in [-0.1, -0.05) is 60.2 Å². The van der Waals surface area contributed by atoms with Crippen molar-refractivity contribution in [2.24, 2.45) is 0 Å². The van der Waals surface area contributed by atoms with Crippen molar-refractivity contribution in [1.29, 1.82) is 0 Å². The maximum Gasteiger partial charge on any atom is 0.0700 e. The van der Waals surface area contributed by atoms with Crippen LogP contribution in [0.2, 0.25) is 0 Å². The molecule has 0 spiro atoms. The first-order valence-electron chi connectivity index (χ1n) is 7.01. The highest BCUT2D eigenvalue weighted by Crippen LogP contribution is 2.26. The van der Waals surface area contributed by atoms with Gasteiger partial charge in [0.05, 0.1) is 6.04 Å². The molecule has 0 aliphatic carbocycles. The van der Waals surface area contributed by atoms with Gasteiger partial charge in [-0.25, -0.2) is 0 Å². The van der Waals surface area contributed by atoms with E-state index in [1.165, 1.54) is 28.0 Å². The van der Waals surface area contributed by atoms with Crippen LogP contribution in [0.4, 0.5) is 0 Å². The summed E-state index contributed by atoms with van der Waals surface area (Å²) in [5.74, 6) is 0. The predicted molar refractivity (Wildman–Crippen MR) is 85.3 cm³/mol. The summed E-state index contributed by atoms with van der Waals surface area (Å²) in [6.07, 6.45) is 4.45. The zero-order chi connectivity index (χ0) is 13.9. The van der Waals surface area contributed by atoms with Crippen LogP contribution in [0.15, 0.2) is 78.0 Å². The van der Waals surface area contributed by atoms with Gasteiger partial charge in [0.15, 0.2) is 0 Å². The largest absolute Gasteiger partial charge is 0.378 e. The number of dihydropyridines is 1. The van der Waals surface area contributed by atoms with Crippen molar-refractivity contribution < 1.29 is 0 Å². The zero-order valence-corrected chi connectivity index (χ0v) is 11.9. The van der Waals surface area contributed by atoms with Gasteiger partial charge < -0.3 is 5.32 Å². The van der Waals surface area contributed by atoms with Crippen molar-refractivity contribution in [2.45, 2.75) is 19.9 Å². The van der Waals surface area contributed by atoms with Crippen LogP contribution in [0.1, 0.15) is 25.5 Å². The Morgan fingerprint density at radius 1 is 0.850 bits per heavy atom. The topological polar surface area (TPSA) is 12.0 Å². The summed E-state index contributed by atoms with van der Waals surface area (Å²) in [4.78, 5) is 0. The van der Waals surface area contributed by atoms with Crippen LogP contribution in [0.5, 0.6) is 0 Å². The third-order valence-electron chi connectivity index (χ3n) is 3.61. The highest BCUT2D eigenvalue weighted by atomic mass is 14.9. The van der Waals surface area contributed by atoms with E-state index in [0.29, 0.717) is 0 Å². The molecule has 0 fully saturated rings. The number of nitrogens with one attached hydrogen (secondary N) is 1. The van der Waals surface area contributed by atoms with E-state index in [-0.39, 0.29) is 6.04 Å². The molecule has 0 saturated carbocycles. The van der Waals surface area contributed by atoms with Gasteiger partial charge in [0.2, 0.25) is 0 Å². The number of rotatable bonds is 2. The number of hydrogen-bond acceptors (Lipinski definition) is 1. The zero-order valence-electron chi connectivity index (χ0n) is 11.9. The Kier molecular flexibility index (Phi) is 3.42. The third-order valence-corrected chi connectivity index (χ3v) is 3.61. The monoisotopic (exact) mass is 261 g/mol. The average molecular weight is 261 g/mol. The molecular formula is C19H19N. The molecule has 0 saturated heterocycles. The van der Waals surface area contributed by atoms with Gasteiger partial charge in [0, 0.05) is 5.70 Å². The molecule has 0 radical (unpaired) electrons. The number of benzene rings is 2. The summed E-state index contributed by atoms with van der Waals surface area (Å²) in [6, 6.07) is 19.5. The molecule has 3 rings (SSSR count). The van der Waals surface area contributed by atoms with E-state index in [1.54, 1.807) is 0 Å². The normalized spacial score (nSPS) is 18.0. The van der Waals surface area contributed by atoms with Gasteiger partial charge in [0.1, 0.15) is 0 Å². The first-order chi connectivity index (χ1) is 9.72. The first-order valence-corrected chi connectivity index (χ1v) is 7.01. The molecule has 1 unspecified atom stereocenters. The second kappa shape index (κ2) is 5.38. The molecule has 1 heterocycles. The maximum absolute atomic E-state index is 3.53. The molecule has 2 aromatic carbocycles. The van der Waals surface area contributed by atoms with Crippen molar-refractivity contribution >= 4 is 0 Å². The SMILES string of the molecule is CC1=CC(c2cccc(-c3ccccc3)c2)NC(C)=C1. The Morgan fingerprint density at radius 3 is 2.35 bits per heavy atom. The second-order valence-electron chi connectivity index (χ2n) is 5.35. The van der Waals surface area contributed by atoms with Gasteiger partial charge in [-0.05, 0) is 42.7 Å². The highest BCUT2D eigenvalue weighted by molar-refractivity contribution is 5.64. The lowest BCUT2D eigenvalue weighted by Crippen LogP contribution is -2.20. The molecule has 0 aromatic heterocycles. The fraction of sp³-hybridized carbons (Fsp3) is 0.158. The van der Waals surface area contributed by atoms with Crippen LogP contribution in [-0.2, 0) is 0 Å². The van der Waals surface area contributed by atoms with Crippen LogP contribution < -0.4 is 5.32 Å². The Labute approximate surface area is 120 Å². The van der Waals surface area contributed by atoms with Gasteiger partial charge >= 0.3 is 0 Å². The molecule has 0 bridgehead atoms. The molecule has 0 amide bonds. The van der Waals surface area contributed by atoms with Crippen molar-refractivity contribution in [3.63, 3.8) is 0 Å². The molecule has 1 heteroatoms. The second-order valence-corrected chi connectivity index (χ2v) is 5.35. The lowest BCUT2D eigenvalue weighted by Gasteiger charge is -2.22. The van der Waals surface area contributed by atoms with E-state index in [2.05, 4.69) is 85.9 Å². The van der Waals surface area contributed by atoms with Gasteiger partial charge in [-0.15, -0.1) is 0 Å². The van der Waals surface area contributed by atoms with Gasteiger partial charge in [-0.3, -0.25) is 0 Å². The summed E-state index contributed by atoms with van der Waals surface area (Å²) in [5, 5.41) is 3.53. The fourth-order valence-corrected chi connectivity index (χ4v) is 2.70. The van der Waals surface area contributed by atoms with Crippen LogP contribution in [-0.4, -0.2) is 0 Å². The average Bonchev–Trinajstić information content (AvgIpc) is 2.47. The summed E-state index contributed by atoms with van der Waals surface area (Å²) >= 11 is 0. The third kappa shape index (κ3) is 2.67. The molecule has 20 heavy (non-hydrogen) atoms. The lowest BCUT2D eigenvalue weighted by molar-refractivity contribution is 0.698. The summed E-state index contributed by atoms with van der Waals surface area (Å²) in [7, 11) is 0. The minimum Gasteiger partial charge on any atom is -0.378 e. The molecule has 1 aliphatic rings. The van der Waals surface area contributed by atoms with Crippen LogP contribution in [0, 0.1) is 0 Å². The van der Waals surface area contributed by atoms with Crippen molar-refractivity contribution in [2.75, 3.05) is 0 Å². The van der Waals surface area contributed by atoms with Crippen molar-refractivity contribution in [3.05, 3.63) is 83.6 Å². The molecule has 1 nitrogen and oxygen atoms in total. The highest BCUT2D eigenvalue weighted by Gasteiger charge is 2.12. The molecule has 1 aliphatic heterocycles. The van der Waals surface area contributed by atoms with Crippen LogP contribution >= 0.6 is 0 Å². The van der Waals surface area contributed by atoms with Crippen LogP contribution in [0.3, 0.4) is 0 Å². The van der Waals surface area contributed by atoms with E-state index >= 15 is 0 Å². The summed E-state index contributed by atoms with van der Waals surface area (Å²) < 4.78 is 0. The molecule has 1 atom stereocenters. The molecule has 2 aromatic rings. The van der Waals surface area contributed by atoms with E-state index in [0.717, 1.165) is 0 Å². The first kappa shape index (κ1) is 12.7. The van der Waals surface area contributed by atoms with E-state index in [4.69, 9.17) is 0 Å². The maximum atomic E-state index is 3.53. The van der Waals surface area contributed by atoms with Gasteiger partial charge in [-0.2, -0.15) is 0 Å². The van der Waals surface area contributed by atoms with Crippen molar-refractivity contribution in [1.82, 2.24) is 5.32 Å². The van der Waals surface area contributed by atoms with Crippen LogP contribution in [0.25, 0.3) is 11.1 Å². The Bertz CT molecular complexity index is 665. The predicted octanol–water partition coefficient (Wildman–Crippen LogP) is 4.85. The smallest absolute Gasteiger partial charge is 0.0700 e. The van der Waals surface area contributed by atoms with Crippen molar-refractivity contribution in [3.8, 4) is 11.1 Å². The lowest BCUT2D eigenvalue weighted by atomic mass is 9.96. The molecule has 1 N–H and O–H groups in total. The molecular weight excluding hydrogens is 242 g/mol. The fourth-order valence-electron chi connectivity index (χ4n) is 2.70. The van der Waals surface area contributed by atoms with E-state index < -0.39 is 0 Å². The summed E-state index contributed by atoms with van der Waals surface area (Å²) in [6.45, 7) is 4.27. The minimum absolute atomic E-state index is 0.267. The standard InChI is InChI=1S/C19H19N/c1-14-11-15(2)20-19(12-14)18-10-6-9-17(13-18)16-7-4-3-5-8-16/h3-13,19-20H,1-2H3. The Balaban J connectivity index is 1.95. The van der Waals surface area contributed by atoms with E-state index in [1.807, 2.05) is 0 Å². The van der Waals surface area contributed by atoms with Gasteiger partial charge in [0.25, 0.3) is 0 Å². The Hall–Kier alpha value is -2.28. The minimum atomic E-state index is 0.267. The summed E-state index contributed by atoms with van der Waals surface area (Å²) in [5.41, 5.74) is 6.37. The number of allylic oxidation sites excluding steroid dienone is 3. The quantitative estimate of drug-likeness (QED) is 0.815. The van der Waals surface area contributed by atoms with E-state index in [9.17, 15) is 0 Å². The Morgan fingerprint density at radius 2 is 1.60 bits per heavy atom.